The summed E-state index contributed by atoms with van der Waals surface area (Å²) in [5, 5.41) is 0. The van der Waals surface area contributed by atoms with Crippen molar-refractivity contribution in [2.24, 2.45) is 0 Å². The van der Waals surface area contributed by atoms with E-state index < -0.39 is 0 Å². The normalized spacial score (nSPS) is 9.78. The number of ether oxygens (including phenoxy) is 1. The molecule has 0 atom stereocenters. The van der Waals surface area contributed by atoms with Crippen molar-refractivity contribution < 1.29 is 4.74 Å². The van der Waals surface area contributed by atoms with Crippen LogP contribution in [0.1, 0.15) is 36.5 Å². The molecule has 0 aliphatic rings. The molecule has 0 spiro atoms. The lowest BCUT2D eigenvalue weighted by Gasteiger charge is -2.04. The standard InChI is InChI=1S/C21H23NO/c1-3-5-6-15-23-20-12-9-17(10-13-20)7-8-18-11-14-21(22)19(4-2)16-18/h3,9-14,16H,1,4-6,15,22H2,2H3. The smallest absolute Gasteiger partial charge is 0.119 e. The Balaban J connectivity index is 2.00. The minimum Gasteiger partial charge on any atom is -0.494 e. The molecule has 0 aliphatic heterocycles. The third kappa shape index (κ3) is 5.23. The minimum absolute atomic E-state index is 0.711. The fraction of sp³-hybridized carbons (Fsp3) is 0.238. The lowest BCUT2D eigenvalue weighted by atomic mass is 10.1. The van der Waals surface area contributed by atoms with E-state index >= 15 is 0 Å². The lowest BCUT2D eigenvalue weighted by Crippen LogP contribution is -1.96. The Morgan fingerprint density at radius 3 is 2.48 bits per heavy atom. The van der Waals surface area contributed by atoms with Crippen LogP contribution in [0.15, 0.2) is 55.1 Å². The summed E-state index contributed by atoms with van der Waals surface area (Å²) in [4.78, 5) is 0. The zero-order valence-corrected chi connectivity index (χ0v) is 13.6. The highest BCUT2D eigenvalue weighted by molar-refractivity contribution is 5.53. The molecule has 2 rings (SSSR count). The maximum atomic E-state index is 5.92. The van der Waals surface area contributed by atoms with Gasteiger partial charge in [0.25, 0.3) is 0 Å². The van der Waals surface area contributed by atoms with Gasteiger partial charge in [0.2, 0.25) is 0 Å². The van der Waals surface area contributed by atoms with E-state index in [4.69, 9.17) is 10.5 Å². The average Bonchev–Trinajstić information content (AvgIpc) is 2.59. The number of hydrogen-bond donors (Lipinski definition) is 1. The van der Waals surface area contributed by atoms with Crippen LogP contribution in [0.3, 0.4) is 0 Å². The third-order valence-electron chi connectivity index (χ3n) is 3.55. The summed E-state index contributed by atoms with van der Waals surface area (Å²) in [6, 6.07) is 13.8. The Morgan fingerprint density at radius 2 is 1.78 bits per heavy atom. The monoisotopic (exact) mass is 305 g/mol. The van der Waals surface area contributed by atoms with Gasteiger partial charge in [-0.2, -0.15) is 0 Å². The molecule has 0 saturated carbocycles. The highest BCUT2D eigenvalue weighted by atomic mass is 16.5. The first kappa shape index (κ1) is 16.7. The topological polar surface area (TPSA) is 35.2 Å². The number of hydrogen-bond acceptors (Lipinski definition) is 2. The van der Waals surface area contributed by atoms with Crippen molar-refractivity contribution in [1.82, 2.24) is 0 Å². The molecular formula is C21H23NO. The number of benzene rings is 2. The zero-order chi connectivity index (χ0) is 16.5. The van der Waals surface area contributed by atoms with Gasteiger partial charge in [-0.25, -0.2) is 0 Å². The Kier molecular flexibility index (Phi) is 6.32. The van der Waals surface area contributed by atoms with Crippen molar-refractivity contribution in [3.8, 4) is 17.6 Å². The van der Waals surface area contributed by atoms with Gasteiger partial charge >= 0.3 is 0 Å². The summed E-state index contributed by atoms with van der Waals surface area (Å²) < 4.78 is 5.66. The molecule has 2 heteroatoms. The Bertz CT molecular complexity index is 705. The maximum absolute atomic E-state index is 5.92. The quantitative estimate of drug-likeness (QED) is 0.367. The molecule has 0 heterocycles. The van der Waals surface area contributed by atoms with Gasteiger partial charge in [0, 0.05) is 16.8 Å². The van der Waals surface area contributed by atoms with E-state index in [9.17, 15) is 0 Å². The molecular weight excluding hydrogens is 282 g/mol. The minimum atomic E-state index is 0.711. The predicted octanol–water partition coefficient (Wildman–Crippen LogP) is 4.58. The van der Waals surface area contributed by atoms with Crippen molar-refractivity contribution in [3.05, 3.63) is 71.8 Å². The molecule has 2 nitrogen and oxygen atoms in total. The van der Waals surface area contributed by atoms with Crippen LogP contribution in [0.25, 0.3) is 0 Å². The SMILES string of the molecule is C=CCCCOc1ccc(C#Cc2ccc(N)c(CC)c2)cc1. The van der Waals surface area contributed by atoms with E-state index in [2.05, 4.69) is 31.4 Å². The molecule has 2 aromatic carbocycles. The highest BCUT2D eigenvalue weighted by Crippen LogP contribution is 2.15. The van der Waals surface area contributed by atoms with E-state index in [-0.39, 0.29) is 0 Å². The predicted molar refractivity (Wildman–Crippen MR) is 97.6 cm³/mol. The lowest BCUT2D eigenvalue weighted by molar-refractivity contribution is 0.312. The number of unbranched alkanes of at least 4 members (excludes halogenated alkanes) is 1. The number of nitrogen functional groups attached to an aromatic ring is 1. The second-order valence-electron chi connectivity index (χ2n) is 5.32. The Hall–Kier alpha value is -2.66. The van der Waals surface area contributed by atoms with Crippen LogP contribution in [0.5, 0.6) is 5.75 Å². The van der Waals surface area contributed by atoms with Crippen molar-refractivity contribution >= 4 is 5.69 Å². The van der Waals surface area contributed by atoms with E-state index in [0.717, 1.165) is 47.4 Å². The summed E-state index contributed by atoms with van der Waals surface area (Å²) in [5.41, 5.74) is 9.84. The molecule has 118 valence electrons. The summed E-state index contributed by atoms with van der Waals surface area (Å²) in [6.45, 7) is 6.50. The molecule has 2 N–H and O–H groups in total. The third-order valence-corrected chi connectivity index (χ3v) is 3.55. The van der Waals surface area contributed by atoms with Crippen molar-refractivity contribution in [2.75, 3.05) is 12.3 Å². The van der Waals surface area contributed by atoms with Gasteiger partial charge in [-0.05, 0) is 67.3 Å². The first-order valence-electron chi connectivity index (χ1n) is 7.97. The first-order chi connectivity index (χ1) is 11.2. The first-order valence-corrected chi connectivity index (χ1v) is 7.97. The molecule has 0 unspecified atom stereocenters. The zero-order valence-electron chi connectivity index (χ0n) is 13.6. The summed E-state index contributed by atoms with van der Waals surface area (Å²) >= 11 is 0. The number of aryl methyl sites for hydroxylation is 1. The highest BCUT2D eigenvalue weighted by Gasteiger charge is 1.97. The second kappa shape index (κ2) is 8.70. The molecule has 0 radical (unpaired) electrons. The molecule has 0 bridgehead atoms. The fourth-order valence-corrected chi connectivity index (χ4v) is 2.19. The van der Waals surface area contributed by atoms with Gasteiger partial charge in [-0.3, -0.25) is 0 Å². The molecule has 0 fully saturated rings. The van der Waals surface area contributed by atoms with Crippen molar-refractivity contribution in [1.29, 1.82) is 0 Å². The maximum Gasteiger partial charge on any atom is 0.119 e. The van der Waals surface area contributed by atoms with Crippen LogP contribution in [0.2, 0.25) is 0 Å². The average molecular weight is 305 g/mol. The molecule has 23 heavy (non-hydrogen) atoms. The van der Waals surface area contributed by atoms with E-state index in [0.29, 0.717) is 6.61 Å². The van der Waals surface area contributed by atoms with Gasteiger partial charge in [0.15, 0.2) is 0 Å². The van der Waals surface area contributed by atoms with Crippen LogP contribution in [-0.2, 0) is 6.42 Å². The molecule has 0 amide bonds. The van der Waals surface area contributed by atoms with Crippen LogP contribution < -0.4 is 10.5 Å². The Labute approximate surface area is 139 Å². The summed E-state index contributed by atoms with van der Waals surface area (Å²) in [5.74, 6) is 7.24. The number of nitrogens with two attached hydrogens (primary N) is 1. The largest absolute Gasteiger partial charge is 0.494 e. The molecule has 0 saturated heterocycles. The van der Waals surface area contributed by atoms with Crippen LogP contribution in [-0.4, -0.2) is 6.61 Å². The van der Waals surface area contributed by atoms with E-state index in [1.807, 2.05) is 42.5 Å². The van der Waals surface area contributed by atoms with Crippen LogP contribution in [0.4, 0.5) is 5.69 Å². The van der Waals surface area contributed by atoms with E-state index in [1.165, 1.54) is 0 Å². The van der Waals surface area contributed by atoms with Gasteiger partial charge in [0.05, 0.1) is 6.61 Å². The number of anilines is 1. The van der Waals surface area contributed by atoms with Gasteiger partial charge in [-0.1, -0.05) is 24.8 Å². The number of allylic oxidation sites excluding steroid dienone is 1. The Morgan fingerprint density at radius 1 is 1.09 bits per heavy atom. The summed E-state index contributed by atoms with van der Waals surface area (Å²) in [6.07, 6.45) is 4.79. The van der Waals surface area contributed by atoms with Crippen molar-refractivity contribution in [2.45, 2.75) is 26.2 Å². The second-order valence-corrected chi connectivity index (χ2v) is 5.32. The van der Waals surface area contributed by atoms with Crippen LogP contribution >= 0.6 is 0 Å². The van der Waals surface area contributed by atoms with Crippen LogP contribution in [0, 0.1) is 11.8 Å². The summed E-state index contributed by atoms with van der Waals surface area (Å²) in [7, 11) is 0. The van der Waals surface area contributed by atoms with Crippen molar-refractivity contribution in [3.63, 3.8) is 0 Å². The molecule has 2 aromatic rings. The van der Waals surface area contributed by atoms with E-state index in [1.54, 1.807) is 0 Å². The van der Waals surface area contributed by atoms with Gasteiger partial charge in [-0.15, -0.1) is 6.58 Å². The number of rotatable bonds is 6. The molecule has 0 aliphatic carbocycles. The molecule has 0 aromatic heterocycles. The fourth-order valence-electron chi connectivity index (χ4n) is 2.19. The van der Waals surface area contributed by atoms with Gasteiger partial charge in [0.1, 0.15) is 5.75 Å². The van der Waals surface area contributed by atoms with Gasteiger partial charge < -0.3 is 10.5 Å².